The van der Waals surface area contributed by atoms with E-state index in [0.29, 0.717) is 12.1 Å². The Bertz CT molecular complexity index is 303. The molecule has 0 aliphatic rings. The zero-order valence-corrected chi connectivity index (χ0v) is 11.3. The first-order valence-corrected chi connectivity index (χ1v) is 6.89. The van der Waals surface area contributed by atoms with Gasteiger partial charge in [0, 0.05) is 19.6 Å². The van der Waals surface area contributed by atoms with Gasteiger partial charge in [-0.15, -0.1) is 0 Å². The van der Waals surface area contributed by atoms with Crippen LogP contribution in [0.25, 0.3) is 0 Å². The van der Waals surface area contributed by atoms with Crippen molar-refractivity contribution < 1.29 is 4.42 Å². The van der Waals surface area contributed by atoms with E-state index in [0.717, 1.165) is 24.4 Å². The summed E-state index contributed by atoms with van der Waals surface area (Å²) in [5, 5.41) is 3.06. The first-order valence-electron chi connectivity index (χ1n) is 5.49. The summed E-state index contributed by atoms with van der Waals surface area (Å²) >= 11 is 1.87. The number of oxazole rings is 1. The molecule has 1 unspecified atom stereocenters. The topological polar surface area (TPSA) is 41.3 Å². The normalized spacial score (nSPS) is 12.8. The molecule has 4 nitrogen and oxygen atoms in total. The van der Waals surface area contributed by atoms with Gasteiger partial charge in [-0.2, -0.15) is 16.7 Å². The van der Waals surface area contributed by atoms with Crippen molar-refractivity contribution in [2.75, 3.05) is 31.0 Å². The standard InChI is InChI=1S/C11H21N3OS/c1-9(5-6-16-4)14(3)11-13-10(7-12-2)8-15-11/h8-9,12H,5-7H2,1-4H3. The second-order valence-electron chi connectivity index (χ2n) is 3.89. The molecule has 1 N–H and O–H groups in total. The molecule has 0 saturated carbocycles. The Hall–Kier alpha value is -0.680. The van der Waals surface area contributed by atoms with E-state index in [4.69, 9.17) is 4.42 Å². The predicted octanol–water partition coefficient (Wildman–Crippen LogP) is 1.97. The van der Waals surface area contributed by atoms with E-state index in [1.807, 2.05) is 25.9 Å². The lowest BCUT2D eigenvalue weighted by Crippen LogP contribution is -2.29. The molecule has 16 heavy (non-hydrogen) atoms. The molecule has 1 heterocycles. The van der Waals surface area contributed by atoms with Gasteiger partial charge >= 0.3 is 0 Å². The first kappa shape index (κ1) is 13.4. The van der Waals surface area contributed by atoms with Crippen LogP contribution in [0.4, 0.5) is 6.01 Å². The average molecular weight is 243 g/mol. The highest BCUT2D eigenvalue weighted by atomic mass is 32.2. The second-order valence-corrected chi connectivity index (χ2v) is 4.88. The summed E-state index contributed by atoms with van der Waals surface area (Å²) in [6.45, 7) is 2.94. The number of rotatable bonds is 7. The van der Waals surface area contributed by atoms with Crippen molar-refractivity contribution in [2.45, 2.75) is 25.9 Å². The molecule has 0 fully saturated rings. The van der Waals surface area contributed by atoms with Gasteiger partial charge in [0.1, 0.15) is 6.26 Å². The van der Waals surface area contributed by atoms with Gasteiger partial charge in [0.2, 0.25) is 0 Å². The molecule has 0 amide bonds. The summed E-state index contributed by atoms with van der Waals surface area (Å²) in [5.41, 5.74) is 0.946. The van der Waals surface area contributed by atoms with Crippen molar-refractivity contribution >= 4 is 17.8 Å². The van der Waals surface area contributed by atoms with Gasteiger partial charge < -0.3 is 14.6 Å². The fourth-order valence-corrected chi connectivity index (χ4v) is 1.97. The van der Waals surface area contributed by atoms with Crippen LogP contribution in [0.15, 0.2) is 10.7 Å². The molecule has 0 spiro atoms. The zero-order chi connectivity index (χ0) is 12.0. The van der Waals surface area contributed by atoms with E-state index in [1.165, 1.54) is 0 Å². The summed E-state index contributed by atoms with van der Waals surface area (Å²) < 4.78 is 5.45. The van der Waals surface area contributed by atoms with Crippen LogP contribution in [-0.4, -0.2) is 37.1 Å². The fraction of sp³-hybridized carbons (Fsp3) is 0.727. The maximum absolute atomic E-state index is 5.45. The van der Waals surface area contributed by atoms with Gasteiger partial charge in [0.25, 0.3) is 6.01 Å². The summed E-state index contributed by atoms with van der Waals surface area (Å²) in [7, 11) is 3.93. The Morgan fingerprint density at radius 3 is 3.00 bits per heavy atom. The molecule has 0 saturated heterocycles. The van der Waals surface area contributed by atoms with Crippen molar-refractivity contribution in [1.82, 2.24) is 10.3 Å². The number of hydrogen-bond acceptors (Lipinski definition) is 5. The monoisotopic (exact) mass is 243 g/mol. The Morgan fingerprint density at radius 1 is 1.62 bits per heavy atom. The highest BCUT2D eigenvalue weighted by molar-refractivity contribution is 7.98. The number of thioether (sulfide) groups is 1. The minimum Gasteiger partial charge on any atom is -0.432 e. The largest absolute Gasteiger partial charge is 0.432 e. The molecule has 92 valence electrons. The van der Waals surface area contributed by atoms with E-state index < -0.39 is 0 Å². The number of anilines is 1. The number of nitrogens with one attached hydrogen (secondary N) is 1. The van der Waals surface area contributed by atoms with Gasteiger partial charge in [0.05, 0.1) is 5.69 Å². The Kier molecular flexibility index (Phi) is 5.69. The van der Waals surface area contributed by atoms with E-state index >= 15 is 0 Å². The van der Waals surface area contributed by atoms with Crippen molar-refractivity contribution in [3.05, 3.63) is 12.0 Å². The lowest BCUT2D eigenvalue weighted by molar-refractivity contribution is 0.516. The van der Waals surface area contributed by atoms with Crippen LogP contribution >= 0.6 is 11.8 Å². The molecule has 0 aromatic carbocycles. The van der Waals surface area contributed by atoms with Crippen LogP contribution in [0.2, 0.25) is 0 Å². The van der Waals surface area contributed by atoms with Crippen LogP contribution in [-0.2, 0) is 6.54 Å². The summed E-state index contributed by atoms with van der Waals surface area (Å²) in [6.07, 6.45) is 4.98. The summed E-state index contributed by atoms with van der Waals surface area (Å²) in [4.78, 5) is 6.51. The van der Waals surface area contributed by atoms with Crippen LogP contribution in [0, 0.1) is 0 Å². The third-order valence-corrected chi connectivity index (χ3v) is 3.24. The molecule has 0 bridgehead atoms. The molecular formula is C11H21N3OS. The first-order chi connectivity index (χ1) is 7.69. The highest BCUT2D eigenvalue weighted by Crippen LogP contribution is 2.16. The number of aromatic nitrogens is 1. The predicted molar refractivity (Wildman–Crippen MR) is 70.1 cm³/mol. The fourth-order valence-electron chi connectivity index (χ4n) is 1.39. The van der Waals surface area contributed by atoms with Crippen LogP contribution in [0.5, 0.6) is 0 Å². The van der Waals surface area contributed by atoms with Crippen molar-refractivity contribution in [2.24, 2.45) is 0 Å². The van der Waals surface area contributed by atoms with Gasteiger partial charge in [-0.3, -0.25) is 0 Å². The molecule has 0 radical (unpaired) electrons. The Balaban J connectivity index is 2.53. The second kappa shape index (κ2) is 6.81. The third kappa shape index (κ3) is 3.72. The van der Waals surface area contributed by atoms with E-state index in [9.17, 15) is 0 Å². The van der Waals surface area contributed by atoms with Crippen LogP contribution in [0.1, 0.15) is 19.0 Å². The SMILES string of the molecule is CNCc1coc(N(C)C(C)CCSC)n1. The Labute approximate surface area is 102 Å². The summed E-state index contributed by atoms with van der Waals surface area (Å²) in [5.74, 6) is 1.16. The molecule has 1 rings (SSSR count). The minimum atomic E-state index is 0.452. The van der Waals surface area contributed by atoms with Crippen LogP contribution < -0.4 is 10.2 Å². The zero-order valence-electron chi connectivity index (χ0n) is 10.5. The molecule has 1 aromatic rings. The maximum atomic E-state index is 5.45. The maximum Gasteiger partial charge on any atom is 0.297 e. The summed E-state index contributed by atoms with van der Waals surface area (Å²) in [6, 6.07) is 1.16. The number of nitrogens with zero attached hydrogens (tertiary/aromatic N) is 2. The molecule has 5 heteroatoms. The van der Waals surface area contributed by atoms with E-state index in [1.54, 1.807) is 6.26 Å². The van der Waals surface area contributed by atoms with E-state index in [-0.39, 0.29) is 0 Å². The molecule has 1 aromatic heterocycles. The quantitative estimate of drug-likeness (QED) is 0.793. The smallest absolute Gasteiger partial charge is 0.297 e. The average Bonchev–Trinajstić information content (AvgIpc) is 2.74. The molecule has 0 aliphatic carbocycles. The highest BCUT2D eigenvalue weighted by Gasteiger charge is 2.14. The molecular weight excluding hydrogens is 222 g/mol. The van der Waals surface area contributed by atoms with Gasteiger partial charge in [0.15, 0.2) is 0 Å². The number of hydrogen-bond donors (Lipinski definition) is 1. The van der Waals surface area contributed by atoms with Crippen molar-refractivity contribution in [3.8, 4) is 0 Å². The van der Waals surface area contributed by atoms with Crippen molar-refractivity contribution in [1.29, 1.82) is 0 Å². The third-order valence-electron chi connectivity index (χ3n) is 2.60. The van der Waals surface area contributed by atoms with E-state index in [2.05, 4.69) is 28.4 Å². The lowest BCUT2D eigenvalue weighted by atomic mass is 10.2. The van der Waals surface area contributed by atoms with Crippen molar-refractivity contribution in [3.63, 3.8) is 0 Å². The van der Waals surface area contributed by atoms with Gasteiger partial charge in [-0.05, 0) is 32.4 Å². The van der Waals surface area contributed by atoms with Crippen LogP contribution in [0.3, 0.4) is 0 Å². The lowest BCUT2D eigenvalue weighted by Gasteiger charge is -2.22. The molecule has 1 atom stereocenters. The molecule has 0 aliphatic heterocycles. The van der Waals surface area contributed by atoms with Gasteiger partial charge in [-0.1, -0.05) is 0 Å². The van der Waals surface area contributed by atoms with Gasteiger partial charge in [-0.25, -0.2) is 0 Å². The Morgan fingerprint density at radius 2 is 2.38 bits per heavy atom. The minimum absolute atomic E-state index is 0.452.